The van der Waals surface area contributed by atoms with Crippen molar-refractivity contribution < 1.29 is 17.4 Å². The van der Waals surface area contributed by atoms with Crippen molar-refractivity contribution in [1.82, 2.24) is 0 Å². The number of carbonyl (C=O) groups is 1. The SMILES string of the molecule is CCCCCCCC(=O)OS(=O)(=O)CCC. The van der Waals surface area contributed by atoms with Gasteiger partial charge in [0.1, 0.15) is 0 Å². The Morgan fingerprint density at radius 3 is 2.19 bits per heavy atom. The highest BCUT2D eigenvalue weighted by atomic mass is 32.2. The molecule has 96 valence electrons. The first-order valence-electron chi connectivity index (χ1n) is 5.96. The Labute approximate surface area is 98.5 Å². The molecular formula is C11H22O4S. The summed E-state index contributed by atoms with van der Waals surface area (Å²) in [5.74, 6) is -0.709. The zero-order valence-corrected chi connectivity index (χ0v) is 11.0. The molecule has 0 spiro atoms. The quantitative estimate of drug-likeness (QED) is 0.466. The highest BCUT2D eigenvalue weighted by Crippen LogP contribution is 2.07. The fourth-order valence-electron chi connectivity index (χ4n) is 1.35. The molecule has 0 radical (unpaired) electrons. The molecule has 16 heavy (non-hydrogen) atoms. The van der Waals surface area contributed by atoms with E-state index in [4.69, 9.17) is 0 Å². The number of unbranched alkanes of at least 4 members (excludes halogenated alkanes) is 4. The van der Waals surface area contributed by atoms with Crippen molar-refractivity contribution in [3.63, 3.8) is 0 Å². The molecule has 0 aliphatic carbocycles. The Kier molecular flexibility index (Phi) is 8.25. The first-order valence-corrected chi connectivity index (χ1v) is 7.54. The molecule has 0 saturated heterocycles. The van der Waals surface area contributed by atoms with E-state index in [1.54, 1.807) is 6.92 Å². The minimum absolute atomic E-state index is 0.0887. The summed E-state index contributed by atoms with van der Waals surface area (Å²) in [5.41, 5.74) is 0. The lowest BCUT2D eigenvalue weighted by Gasteiger charge is -2.04. The normalized spacial score (nSPS) is 11.4. The van der Waals surface area contributed by atoms with Gasteiger partial charge in [-0.1, -0.05) is 39.5 Å². The van der Waals surface area contributed by atoms with Crippen LogP contribution in [0.5, 0.6) is 0 Å². The summed E-state index contributed by atoms with van der Waals surface area (Å²) in [4.78, 5) is 11.2. The zero-order chi connectivity index (χ0) is 12.4. The van der Waals surface area contributed by atoms with Crippen LogP contribution in [0.4, 0.5) is 0 Å². The van der Waals surface area contributed by atoms with Gasteiger partial charge in [0.25, 0.3) is 0 Å². The van der Waals surface area contributed by atoms with Crippen LogP contribution in [0.1, 0.15) is 58.8 Å². The van der Waals surface area contributed by atoms with Crippen molar-refractivity contribution in [1.29, 1.82) is 0 Å². The highest BCUT2D eigenvalue weighted by molar-refractivity contribution is 7.87. The summed E-state index contributed by atoms with van der Waals surface area (Å²) in [6.45, 7) is 3.85. The molecule has 0 aliphatic heterocycles. The molecule has 0 heterocycles. The third-order valence-electron chi connectivity index (χ3n) is 2.16. The molecule has 0 unspecified atom stereocenters. The average Bonchev–Trinajstić information content (AvgIpc) is 2.16. The fraction of sp³-hybridized carbons (Fsp3) is 0.909. The molecule has 0 aromatic carbocycles. The molecule has 0 fully saturated rings. The number of carbonyl (C=O) groups excluding carboxylic acids is 1. The van der Waals surface area contributed by atoms with E-state index in [1.807, 2.05) is 0 Å². The van der Waals surface area contributed by atoms with E-state index < -0.39 is 16.1 Å². The Morgan fingerprint density at radius 1 is 1.00 bits per heavy atom. The molecule has 5 heteroatoms. The van der Waals surface area contributed by atoms with Crippen LogP contribution in [0.3, 0.4) is 0 Å². The molecule has 0 aliphatic rings. The van der Waals surface area contributed by atoms with Gasteiger partial charge in [0.05, 0.1) is 5.75 Å². The minimum Gasteiger partial charge on any atom is -0.346 e. The predicted octanol–water partition coefficient (Wildman–Crippen LogP) is 2.63. The molecule has 0 rings (SSSR count). The Bertz CT molecular complexity index is 282. The molecule has 4 nitrogen and oxygen atoms in total. The van der Waals surface area contributed by atoms with Gasteiger partial charge in [0.2, 0.25) is 0 Å². The van der Waals surface area contributed by atoms with Crippen molar-refractivity contribution in [2.45, 2.75) is 58.8 Å². The van der Waals surface area contributed by atoms with E-state index >= 15 is 0 Å². The molecule has 0 atom stereocenters. The second-order valence-electron chi connectivity index (χ2n) is 3.88. The smallest absolute Gasteiger partial charge is 0.322 e. The summed E-state index contributed by atoms with van der Waals surface area (Å²) < 4.78 is 26.7. The van der Waals surface area contributed by atoms with Crippen LogP contribution < -0.4 is 0 Å². The molecule has 0 aromatic heterocycles. The summed E-state index contributed by atoms with van der Waals surface area (Å²) in [6, 6.07) is 0. The van der Waals surface area contributed by atoms with Crippen LogP contribution in [0.15, 0.2) is 0 Å². The lowest BCUT2D eigenvalue weighted by atomic mass is 10.1. The standard InChI is InChI=1S/C11H22O4S/c1-3-5-6-7-8-9-11(12)15-16(13,14)10-4-2/h3-10H2,1-2H3. The number of rotatable bonds is 9. The topological polar surface area (TPSA) is 60.4 Å². The van der Waals surface area contributed by atoms with E-state index in [0.29, 0.717) is 12.8 Å². The van der Waals surface area contributed by atoms with Gasteiger partial charge >= 0.3 is 16.1 Å². The van der Waals surface area contributed by atoms with Crippen LogP contribution in [0, 0.1) is 0 Å². The van der Waals surface area contributed by atoms with Crippen LogP contribution in [-0.2, 0) is 19.1 Å². The largest absolute Gasteiger partial charge is 0.346 e. The van der Waals surface area contributed by atoms with Crippen molar-refractivity contribution in [2.75, 3.05) is 5.75 Å². The van der Waals surface area contributed by atoms with Crippen LogP contribution in [-0.4, -0.2) is 20.1 Å². The van der Waals surface area contributed by atoms with Gasteiger partial charge in [-0.05, 0) is 12.8 Å². The molecule has 0 saturated carbocycles. The molecule has 0 bridgehead atoms. The first-order chi connectivity index (χ1) is 7.52. The van der Waals surface area contributed by atoms with Crippen molar-refractivity contribution in [3.8, 4) is 0 Å². The van der Waals surface area contributed by atoms with E-state index in [9.17, 15) is 13.2 Å². The van der Waals surface area contributed by atoms with E-state index in [2.05, 4.69) is 11.1 Å². The van der Waals surface area contributed by atoms with E-state index in [0.717, 1.165) is 25.7 Å². The molecule has 0 N–H and O–H groups in total. The first kappa shape index (κ1) is 15.4. The van der Waals surface area contributed by atoms with Crippen molar-refractivity contribution in [3.05, 3.63) is 0 Å². The third kappa shape index (κ3) is 8.71. The summed E-state index contributed by atoms with van der Waals surface area (Å²) >= 11 is 0. The maximum atomic E-state index is 11.2. The van der Waals surface area contributed by atoms with E-state index in [1.165, 1.54) is 0 Å². The summed E-state index contributed by atoms with van der Waals surface area (Å²) in [7, 11) is -3.63. The van der Waals surface area contributed by atoms with Crippen LogP contribution in [0.2, 0.25) is 0 Å². The fourth-order valence-corrected chi connectivity index (χ4v) is 2.30. The van der Waals surface area contributed by atoms with Crippen molar-refractivity contribution in [2.24, 2.45) is 0 Å². The zero-order valence-electron chi connectivity index (χ0n) is 10.2. The second kappa shape index (κ2) is 8.56. The average molecular weight is 250 g/mol. The minimum atomic E-state index is -3.63. The van der Waals surface area contributed by atoms with Gasteiger partial charge < -0.3 is 4.18 Å². The summed E-state index contributed by atoms with van der Waals surface area (Å²) in [5, 5.41) is 0. The maximum absolute atomic E-state index is 11.2. The Morgan fingerprint density at radius 2 is 1.62 bits per heavy atom. The van der Waals surface area contributed by atoms with Crippen LogP contribution >= 0.6 is 0 Å². The van der Waals surface area contributed by atoms with Gasteiger partial charge in [0.15, 0.2) is 0 Å². The van der Waals surface area contributed by atoms with Gasteiger partial charge in [-0.3, -0.25) is 4.79 Å². The monoisotopic (exact) mass is 250 g/mol. The Hall–Kier alpha value is -0.580. The number of hydrogen-bond acceptors (Lipinski definition) is 4. The van der Waals surface area contributed by atoms with Gasteiger partial charge in [-0.2, -0.15) is 8.42 Å². The highest BCUT2D eigenvalue weighted by Gasteiger charge is 2.15. The Balaban J connectivity index is 3.66. The second-order valence-corrected chi connectivity index (χ2v) is 5.57. The molecule has 0 aromatic rings. The molecular weight excluding hydrogens is 228 g/mol. The maximum Gasteiger partial charge on any atom is 0.322 e. The predicted molar refractivity (Wildman–Crippen MR) is 63.5 cm³/mol. The molecule has 0 amide bonds. The summed E-state index contributed by atoms with van der Waals surface area (Å²) in [6.07, 6.45) is 5.72. The third-order valence-corrected chi connectivity index (χ3v) is 3.51. The lowest BCUT2D eigenvalue weighted by molar-refractivity contribution is -0.133. The van der Waals surface area contributed by atoms with Gasteiger partial charge in [-0.15, -0.1) is 0 Å². The van der Waals surface area contributed by atoms with Crippen molar-refractivity contribution >= 4 is 16.1 Å². The van der Waals surface area contributed by atoms with E-state index in [-0.39, 0.29) is 12.2 Å². The van der Waals surface area contributed by atoms with Crippen LogP contribution in [0.25, 0.3) is 0 Å². The van der Waals surface area contributed by atoms with Gasteiger partial charge in [-0.25, -0.2) is 0 Å². The van der Waals surface area contributed by atoms with Gasteiger partial charge in [0, 0.05) is 6.42 Å². The lowest BCUT2D eigenvalue weighted by Crippen LogP contribution is -2.15. The number of hydrogen-bond donors (Lipinski definition) is 0.